The van der Waals surface area contributed by atoms with Gasteiger partial charge in [0.25, 0.3) is 0 Å². The van der Waals surface area contributed by atoms with Crippen molar-refractivity contribution in [2.45, 2.75) is 0 Å². The first kappa shape index (κ1) is 9.95. The van der Waals surface area contributed by atoms with E-state index in [-0.39, 0.29) is 0 Å². The predicted octanol–water partition coefficient (Wildman–Crippen LogP) is 4.96. The van der Waals surface area contributed by atoms with Gasteiger partial charge in [0.05, 0.1) is 0 Å². The van der Waals surface area contributed by atoms with E-state index in [1.165, 1.54) is 0 Å². The van der Waals surface area contributed by atoms with Gasteiger partial charge in [-0.2, -0.15) is 0 Å². The number of halogens is 4. The van der Waals surface area contributed by atoms with Crippen molar-refractivity contribution in [3.63, 3.8) is 0 Å². The molecule has 0 aliphatic carbocycles. The summed E-state index contributed by atoms with van der Waals surface area (Å²) in [6.45, 7) is 0. The number of hydrogen-bond acceptors (Lipinski definition) is 2. The second-order valence-electron chi connectivity index (χ2n) is 2.43. The van der Waals surface area contributed by atoms with Crippen LogP contribution in [-0.2, 0) is 0 Å². The van der Waals surface area contributed by atoms with Gasteiger partial charge in [-0.05, 0) is 0 Å². The van der Waals surface area contributed by atoms with Crippen LogP contribution in [0.4, 0.5) is 0 Å². The van der Waals surface area contributed by atoms with Crippen molar-refractivity contribution < 1.29 is 9.05 Å². The van der Waals surface area contributed by atoms with E-state index >= 15 is 0 Å². The molecule has 0 N–H and O–H groups in total. The Morgan fingerprint density at radius 3 is 2.38 bits per heavy atom. The number of fused-ring (bicyclic) bond motifs is 1. The van der Waals surface area contributed by atoms with E-state index in [1.807, 2.05) is 0 Å². The van der Waals surface area contributed by atoms with E-state index in [4.69, 9.17) is 54.4 Å². The van der Waals surface area contributed by atoms with Crippen LogP contribution >= 0.6 is 50.4 Å². The fraction of sp³-hybridized carbons (Fsp3) is 0. The van der Waals surface area contributed by atoms with Crippen LogP contribution in [0.1, 0.15) is 0 Å². The molecule has 1 aliphatic rings. The average Bonchev–Trinajstić information content (AvgIpc) is 2.20. The minimum absolute atomic E-state index is 0.293. The monoisotopic (exact) mass is 278 g/mol. The van der Waals surface area contributed by atoms with Crippen molar-refractivity contribution >= 4 is 50.4 Å². The van der Waals surface area contributed by atoms with E-state index < -0.39 is 5.12 Å². The average molecular weight is 280 g/mol. The van der Waals surface area contributed by atoms with E-state index in [2.05, 4.69) is 0 Å². The van der Waals surface area contributed by atoms with Crippen molar-refractivity contribution in [3.05, 3.63) is 23.2 Å². The molecule has 0 unspecified atom stereocenters. The van der Waals surface area contributed by atoms with E-state index in [0.29, 0.717) is 16.5 Å². The van der Waals surface area contributed by atoms with Crippen LogP contribution in [0.2, 0.25) is 5.02 Å². The van der Waals surface area contributed by atoms with Gasteiger partial charge in [0, 0.05) is 0 Å². The summed E-state index contributed by atoms with van der Waals surface area (Å²) in [5, 5.41) is -3.64. The second kappa shape index (κ2) is 2.71. The summed E-state index contributed by atoms with van der Waals surface area (Å²) < 4.78 is 10.2. The van der Waals surface area contributed by atoms with Crippen molar-refractivity contribution in [2.75, 3.05) is 0 Å². The number of hydrogen-bond donors (Lipinski definition) is 0. The molecule has 1 aromatic rings. The number of rotatable bonds is 0. The minimum atomic E-state index is -4.01. The number of para-hydroxylation sites is 1. The van der Waals surface area contributed by atoms with Crippen LogP contribution in [-0.4, -0.2) is 0 Å². The molecule has 2 nitrogen and oxygen atoms in total. The molecule has 0 amide bonds. The molecule has 0 bridgehead atoms. The van der Waals surface area contributed by atoms with Crippen molar-refractivity contribution in [2.24, 2.45) is 0 Å². The summed E-state index contributed by atoms with van der Waals surface area (Å²) in [5.74, 6) is 0.659. The summed E-state index contributed by atoms with van der Waals surface area (Å²) in [6, 6.07) is 4.95. The molecule has 2 rings (SSSR count). The molecule has 0 radical (unpaired) electrons. The Morgan fingerprint density at radius 1 is 1.08 bits per heavy atom. The molecule has 7 heteroatoms. The first-order valence-corrected chi connectivity index (χ1v) is 8.38. The second-order valence-corrected chi connectivity index (χ2v) is 11.6. The van der Waals surface area contributed by atoms with Crippen LogP contribution in [0, 0.1) is 0 Å². The third-order valence-corrected chi connectivity index (χ3v) is 3.88. The molecular weight excluding hydrogens is 277 g/mol. The molecule has 0 saturated carbocycles. The molecule has 1 aliphatic heterocycles. The Balaban J connectivity index is 2.53. The molecule has 72 valence electrons. The summed E-state index contributed by atoms with van der Waals surface area (Å²) in [6.07, 6.45) is 0. The zero-order valence-corrected chi connectivity index (χ0v) is 9.93. The fourth-order valence-corrected chi connectivity index (χ4v) is 3.46. The molecule has 1 heterocycles. The van der Waals surface area contributed by atoms with Crippen LogP contribution in [0.5, 0.6) is 11.5 Å². The van der Waals surface area contributed by atoms with Crippen molar-refractivity contribution in [1.82, 2.24) is 0 Å². The van der Waals surface area contributed by atoms with Crippen LogP contribution < -0.4 is 9.05 Å². The molecule has 13 heavy (non-hydrogen) atoms. The SMILES string of the molecule is Clc1cccc2c1OP(Cl)(Cl)(Cl)O2. The summed E-state index contributed by atoms with van der Waals surface area (Å²) >= 11 is 23.0. The molecule has 0 aromatic heterocycles. The van der Waals surface area contributed by atoms with Gasteiger partial charge in [-0.1, -0.05) is 0 Å². The molecule has 0 fully saturated rings. The van der Waals surface area contributed by atoms with E-state index in [1.54, 1.807) is 18.2 Å². The fourth-order valence-electron chi connectivity index (χ4n) is 0.961. The molecule has 1 aromatic carbocycles. The standard InChI is InChI=1S/C6H3Cl4O2P/c7-4-2-1-3-5-6(4)12-13(8,9,10)11-5/h1-3H. The maximum atomic E-state index is 5.80. The quantitative estimate of drug-likeness (QED) is 0.625. The zero-order valence-electron chi connectivity index (χ0n) is 6.01. The third-order valence-electron chi connectivity index (χ3n) is 1.40. The molecule has 0 saturated heterocycles. The number of benzene rings is 1. The topological polar surface area (TPSA) is 18.5 Å². The Kier molecular flexibility index (Phi) is 2.07. The van der Waals surface area contributed by atoms with Gasteiger partial charge in [-0.25, -0.2) is 0 Å². The van der Waals surface area contributed by atoms with Gasteiger partial charge in [0.15, 0.2) is 0 Å². The zero-order chi connectivity index (χ0) is 9.71. The van der Waals surface area contributed by atoms with Gasteiger partial charge in [-0.15, -0.1) is 0 Å². The summed E-state index contributed by atoms with van der Waals surface area (Å²) in [5.41, 5.74) is 0. The summed E-state index contributed by atoms with van der Waals surface area (Å²) in [7, 11) is 0. The molecule has 0 spiro atoms. The Morgan fingerprint density at radius 2 is 1.77 bits per heavy atom. The van der Waals surface area contributed by atoms with Gasteiger partial charge in [0.1, 0.15) is 0 Å². The van der Waals surface area contributed by atoms with Crippen molar-refractivity contribution in [1.29, 1.82) is 0 Å². The van der Waals surface area contributed by atoms with Crippen LogP contribution in [0.15, 0.2) is 18.2 Å². The van der Waals surface area contributed by atoms with Crippen LogP contribution in [0.3, 0.4) is 0 Å². The van der Waals surface area contributed by atoms with Gasteiger partial charge < -0.3 is 0 Å². The van der Waals surface area contributed by atoms with E-state index in [0.717, 1.165) is 0 Å². The van der Waals surface area contributed by atoms with Gasteiger partial charge in [0.2, 0.25) is 0 Å². The Labute approximate surface area is 94.1 Å². The van der Waals surface area contributed by atoms with Gasteiger partial charge >= 0.3 is 94.2 Å². The normalized spacial score (nSPS) is 24.8. The van der Waals surface area contributed by atoms with Gasteiger partial charge in [-0.3, -0.25) is 0 Å². The van der Waals surface area contributed by atoms with Crippen LogP contribution in [0.25, 0.3) is 0 Å². The third kappa shape index (κ3) is 1.93. The Hall–Kier alpha value is 0.410. The Bertz CT molecular complexity index is 373. The molecule has 0 atom stereocenters. The molecular formula is C6H3Cl4O2P. The van der Waals surface area contributed by atoms with E-state index in [9.17, 15) is 0 Å². The predicted molar refractivity (Wildman–Crippen MR) is 57.2 cm³/mol. The van der Waals surface area contributed by atoms with Crippen molar-refractivity contribution in [3.8, 4) is 11.5 Å². The summed E-state index contributed by atoms with van der Waals surface area (Å²) in [4.78, 5) is 0. The first-order valence-electron chi connectivity index (χ1n) is 3.21. The maximum absolute atomic E-state index is 5.80. The first-order chi connectivity index (χ1) is 5.85.